The van der Waals surface area contributed by atoms with Crippen molar-refractivity contribution in [1.29, 1.82) is 5.26 Å². The molecule has 0 radical (unpaired) electrons. The van der Waals surface area contributed by atoms with E-state index in [-0.39, 0.29) is 80.8 Å². The topological polar surface area (TPSA) is 155 Å². The van der Waals surface area contributed by atoms with E-state index in [1.54, 1.807) is 25.7 Å². The van der Waals surface area contributed by atoms with E-state index in [4.69, 9.17) is 28.9 Å². The number of nitrogens with zero attached hydrogens (tertiary/aromatic N) is 7. The zero-order valence-electron chi connectivity index (χ0n) is 35.8. The molecule has 3 aromatic heterocycles. The van der Waals surface area contributed by atoms with Gasteiger partial charge in [-0.25, -0.2) is 22.8 Å². The van der Waals surface area contributed by atoms with Gasteiger partial charge in [-0.1, -0.05) is 0 Å². The number of aromatic nitrogens is 3. The highest BCUT2D eigenvalue weighted by molar-refractivity contribution is 7.23. The third-order valence-electron chi connectivity index (χ3n) is 12.2. The average molecular weight is 877 g/mol. The smallest absolute Gasteiger partial charge is 0.412 e. The Morgan fingerprint density at radius 2 is 1.71 bits per heavy atom. The Balaban J connectivity index is 1.16. The van der Waals surface area contributed by atoms with Gasteiger partial charge in [0.1, 0.15) is 39.8 Å². The molecule has 1 N–H and O–H groups in total. The number of pyridine rings is 1. The first-order chi connectivity index (χ1) is 29.4. The van der Waals surface area contributed by atoms with Crippen LogP contribution in [0.25, 0.3) is 32.2 Å². The number of hydrogen-bond donors (Lipinski definition) is 1. The molecule has 14 nitrogen and oxygen atoms in total. The maximum Gasteiger partial charge on any atom is 0.412 e. The van der Waals surface area contributed by atoms with E-state index in [1.165, 1.54) is 0 Å². The van der Waals surface area contributed by atoms with E-state index in [2.05, 4.69) is 26.2 Å². The summed E-state index contributed by atoms with van der Waals surface area (Å²) in [6.45, 7) is 13.5. The van der Waals surface area contributed by atoms with Crippen LogP contribution in [0, 0.1) is 28.4 Å². The molecule has 4 aromatic rings. The first-order valence-electron chi connectivity index (χ1n) is 21.3. The molecule has 18 heteroatoms. The van der Waals surface area contributed by atoms with Crippen LogP contribution in [0.5, 0.6) is 6.01 Å². The zero-order chi connectivity index (χ0) is 43.9. The van der Waals surface area contributed by atoms with Gasteiger partial charge >= 0.3 is 18.2 Å². The Morgan fingerprint density at radius 3 is 2.37 bits per heavy atom. The first-order valence-corrected chi connectivity index (χ1v) is 22.1. The van der Waals surface area contributed by atoms with Crippen molar-refractivity contribution in [3.8, 4) is 23.3 Å². The standard InChI is InChI=1S/C44H51F3N8O6S/c1-42(2,3)60-40(56)52-38-26(14-48)31-34(49-15-29(46)36(31)62-38)30-27-19-58-20-28(27)32-35(33(30)47)50-39(59-22-44(11-12-44)21-53-13-7-8-23(45)16-53)51-37(32)55-24-9-10-25(55)18-54(17-24)41(57)61-43(4,5)6/h15,23-25H,7-13,16-22H2,1-6H3,(H,52,56). The largest absolute Gasteiger partial charge is 0.463 e. The Labute approximate surface area is 361 Å². The van der Waals surface area contributed by atoms with E-state index in [9.17, 15) is 19.2 Å². The van der Waals surface area contributed by atoms with Gasteiger partial charge in [0.25, 0.3) is 0 Å². The number of nitriles is 1. The van der Waals surface area contributed by atoms with Crippen LogP contribution in [-0.4, -0.2) is 106 Å². The lowest BCUT2D eigenvalue weighted by Crippen LogP contribution is -2.56. The fraction of sp³-hybridized carbons (Fsp3) is 0.591. The van der Waals surface area contributed by atoms with Crippen LogP contribution in [0.4, 0.5) is 33.6 Å². The summed E-state index contributed by atoms with van der Waals surface area (Å²) in [7, 11) is 0. The highest BCUT2D eigenvalue weighted by atomic mass is 32.1. The molecular formula is C44H51F3N8O6S. The number of halogens is 3. The molecule has 2 bridgehead atoms. The minimum atomic E-state index is -0.858. The molecule has 330 valence electrons. The molecule has 3 unspecified atom stereocenters. The number of ether oxygens (including phenoxy) is 4. The zero-order valence-corrected chi connectivity index (χ0v) is 36.6. The van der Waals surface area contributed by atoms with Crippen LogP contribution in [-0.2, 0) is 27.4 Å². The molecule has 1 saturated carbocycles. The van der Waals surface area contributed by atoms with Crippen LogP contribution in [0.3, 0.4) is 0 Å². The van der Waals surface area contributed by atoms with Crippen molar-refractivity contribution in [2.24, 2.45) is 5.41 Å². The highest BCUT2D eigenvalue weighted by Gasteiger charge is 2.47. The number of fused-ring (bicyclic) bond motifs is 6. The number of piperidine rings is 1. The summed E-state index contributed by atoms with van der Waals surface area (Å²) in [6, 6.07) is 1.71. The summed E-state index contributed by atoms with van der Waals surface area (Å²) >= 11 is 0.828. The summed E-state index contributed by atoms with van der Waals surface area (Å²) in [4.78, 5) is 46.4. The first kappa shape index (κ1) is 42.3. The Bertz CT molecular complexity index is 2500. The fourth-order valence-corrected chi connectivity index (χ4v) is 10.5. The Morgan fingerprint density at radius 1 is 1.00 bits per heavy atom. The number of nitrogens with one attached hydrogen (secondary N) is 1. The highest BCUT2D eigenvalue weighted by Crippen LogP contribution is 2.50. The van der Waals surface area contributed by atoms with Crippen LogP contribution >= 0.6 is 11.3 Å². The van der Waals surface area contributed by atoms with Gasteiger partial charge in [0.05, 0.1) is 47.4 Å². The van der Waals surface area contributed by atoms with Crippen molar-refractivity contribution in [3.63, 3.8) is 0 Å². The second-order valence-corrected chi connectivity index (χ2v) is 20.4. The van der Waals surface area contributed by atoms with Gasteiger partial charge in [-0.05, 0) is 97.7 Å². The SMILES string of the molecule is CC(C)(C)OC(=O)Nc1sc2c(F)cnc(-c3c4c(c5c(N6C7CCC6CN(C(=O)OC(C)(C)C)C7)nc(OCC6(CN7CCCC(F)C7)CC6)nc5c3F)COC4)c2c1C#N. The second-order valence-electron chi connectivity index (χ2n) is 19.3. The van der Waals surface area contributed by atoms with E-state index >= 15 is 8.78 Å². The van der Waals surface area contributed by atoms with Gasteiger partial charge in [0.2, 0.25) is 0 Å². The number of rotatable bonds is 8. The third kappa shape index (κ3) is 8.07. The van der Waals surface area contributed by atoms with Crippen molar-refractivity contribution in [2.75, 3.05) is 49.5 Å². The molecule has 62 heavy (non-hydrogen) atoms. The predicted molar refractivity (Wildman–Crippen MR) is 226 cm³/mol. The number of benzene rings is 1. The molecular weight excluding hydrogens is 826 g/mol. The molecule has 7 heterocycles. The number of hydrogen-bond acceptors (Lipinski definition) is 13. The summed E-state index contributed by atoms with van der Waals surface area (Å²) in [5.41, 5.74) is -0.830. The van der Waals surface area contributed by atoms with Crippen molar-refractivity contribution in [2.45, 2.75) is 123 Å². The minimum absolute atomic E-state index is 0.000814. The van der Waals surface area contributed by atoms with Crippen LogP contribution in [0.1, 0.15) is 96.8 Å². The van der Waals surface area contributed by atoms with E-state index in [1.807, 2.05) is 20.8 Å². The van der Waals surface area contributed by atoms with Gasteiger partial charge in [-0.2, -0.15) is 15.2 Å². The molecule has 0 spiro atoms. The molecule has 1 aliphatic carbocycles. The lowest BCUT2D eigenvalue weighted by molar-refractivity contribution is 0.0209. The molecule has 4 aliphatic heterocycles. The van der Waals surface area contributed by atoms with Crippen LogP contribution in [0.2, 0.25) is 0 Å². The van der Waals surface area contributed by atoms with Crippen molar-refractivity contribution in [3.05, 3.63) is 34.5 Å². The monoisotopic (exact) mass is 876 g/mol. The molecule has 2 amide bonds. The van der Waals surface area contributed by atoms with Crippen LogP contribution < -0.4 is 15.0 Å². The summed E-state index contributed by atoms with van der Waals surface area (Å²) in [6.07, 6.45) is 3.54. The van der Waals surface area contributed by atoms with Crippen molar-refractivity contribution < 1.29 is 41.7 Å². The number of carbonyl (C=O) groups excluding carboxylic acids is 2. The van der Waals surface area contributed by atoms with Gasteiger partial charge in [-0.3, -0.25) is 15.2 Å². The van der Waals surface area contributed by atoms with Gasteiger partial charge < -0.3 is 28.7 Å². The molecule has 5 aliphatic rings. The number of alkyl halides is 1. The van der Waals surface area contributed by atoms with Gasteiger partial charge in [-0.15, -0.1) is 11.3 Å². The van der Waals surface area contributed by atoms with Crippen LogP contribution in [0.15, 0.2) is 6.20 Å². The van der Waals surface area contributed by atoms with E-state index < -0.39 is 41.2 Å². The van der Waals surface area contributed by atoms with E-state index in [0.717, 1.165) is 56.2 Å². The summed E-state index contributed by atoms with van der Waals surface area (Å²) in [5, 5.41) is 13.6. The second kappa shape index (κ2) is 15.7. The molecule has 3 atom stereocenters. The molecule has 3 saturated heterocycles. The van der Waals surface area contributed by atoms with Crippen molar-refractivity contribution >= 4 is 55.3 Å². The number of likely N-dealkylation sites (tertiary alicyclic amines) is 2. The number of carbonyl (C=O) groups is 2. The normalized spacial score (nSPS) is 22.2. The van der Waals surface area contributed by atoms with Gasteiger partial charge in [0, 0.05) is 54.6 Å². The predicted octanol–water partition coefficient (Wildman–Crippen LogP) is 8.61. The molecule has 9 rings (SSSR count). The fourth-order valence-electron chi connectivity index (χ4n) is 9.42. The number of thiophene rings is 1. The number of amides is 2. The molecule has 4 fully saturated rings. The molecule has 1 aromatic carbocycles. The lowest BCUT2D eigenvalue weighted by Gasteiger charge is -2.42. The summed E-state index contributed by atoms with van der Waals surface area (Å²) in [5.74, 6) is -1.07. The maximum atomic E-state index is 17.9. The van der Waals surface area contributed by atoms with Crippen molar-refractivity contribution in [1.82, 2.24) is 24.8 Å². The Kier molecular flexibility index (Phi) is 10.7. The number of piperazine rings is 1. The van der Waals surface area contributed by atoms with Gasteiger partial charge in [0.15, 0.2) is 11.6 Å². The third-order valence-corrected chi connectivity index (χ3v) is 13.4. The number of anilines is 2. The summed E-state index contributed by atoms with van der Waals surface area (Å²) < 4.78 is 71.6. The quantitative estimate of drug-likeness (QED) is 0.180. The lowest BCUT2D eigenvalue weighted by atomic mass is 9.93. The maximum absolute atomic E-state index is 17.9. The average Bonchev–Trinajstić information content (AvgIpc) is 3.46. The Hall–Kier alpha value is -4.99. The minimum Gasteiger partial charge on any atom is -0.463 e. The van der Waals surface area contributed by atoms with E-state index in [0.29, 0.717) is 54.9 Å².